The maximum absolute atomic E-state index is 5.37. The van der Waals surface area contributed by atoms with E-state index >= 15 is 0 Å². The minimum atomic E-state index is 0.308. The summed E-state index contributed by atoms with van der Waals surface area (Å²) in [7, 11) is 2.16. The van der Waals surface area contributed by atoms with Crippen LogP contribution in [0.5, 0.6) is 0 Å². The van der Waals surface area contributed by atoms with E-state index in [2.05, 4.69) is 29.0 Å². The quantitative estimate of drug-likeness (QED) is 0.259. The molecular formula is C10H20IN2O-. The number of alkyl halides is 2. The summed E-state index contributed by atoms with van der Waals surface area (Å²) in [6, 6.07) is 0.586. The SMILES string of the molecule is C[I-]C/C(C)=N/OC[C@@H]1CCCN1C. The zero-order valence-electron chi connectivity index (χ0n) is 9.29. The van der Waals surface area contributed by atoms with E-state index in [4.69, 9.17) is 4.84 Å². The summed E-state index contributed by atoms with van der Waals surface area (Å²) in [5.74, 6) is 0. The number of rotatable bonds is 5. The van der Waals surface area contributed by atoms with Crippen molar-refractivity contribution < 1.29 is 26.0 Å². The summed E-state index contributed by atoms with van der Waals surface area (Å²) >= 11 is 0.308. The number of halogens is 1. The van der Waals surface area contributed by atoms with Gasteiger partial charge in [-0.15, -0.1) is 0 Å². The first-order valence-electron chi connectivity index (χ1n) is 5.03. The van der Waals surface area contributed by atoms with Crippen LogP contribution in [-0.2, 0) is 4.84 Å². The molecule has 0 spiro atoms. The molecule has 1 fully saturated rings. The molecule has 0 bridgehead atoms. The molecule has 0 saturated carbocycles. The molecule has 0 aromatic rings. The Bertz CT molecular complexity index is 197. The van der Waals surface area contributed by atoms with Crippen molar-refractivity contribution in [1.82, 2.24) is 4.90 Å². The van der Waals surface area contributed by atoms with Gasteiger partial charge in [0.05, 0.1) is 0 Å². The van der Waals surface area contributed by atoms with Crippen LogP contribution in [0.4, 0.5) is 0 Å². The number of nitrogens with zero attached hydrogens (tertiary/aromatic N) is 2. The van der Waals surface area contributed by atoms with Gasteiger partial charge >= 0.3 is 97.2 Å². The molecule has 4 heteroatoms. The van der Waals surface area contributed by atoms with Crippen LogP contribution in [0.25, 0.3) is 0 Å². The third-order valence-corrected chi connectivity index (χ3v) is 4.35. The van der Waals surface area contributed by atoms with Gasteiger partial charge in [0.25, 0.3) is 0 Å². The van der Waals surface area contributed by atoms with E-state index in [0.29, 0.717) is 27.2 Å². The van der Waals surface area contributed by atoms with E-state index in [0.717, 1.165) is 16.7 Å². The van der Waals surface area contributed by atoms with E-state index in [1.165, 1.54) is 19.4 Å². The number of oxime groups is 1. The fourth-order valence-corrected chi connectivity index (χ4v) is 2.88. The van der Waals surface area contributed by atoms with Crippen LogP contribution in [0.15, 0.2) is 5.16 Å². The van der Waals surface area contributed by atoms with Gasteiger partial charge in [-0.25, -0.2) is 0 Å². The molecular weight excluding hydrogens is 291 g/mol. The second-order valence-corrected chi connectivity index (χ2v) is 6.09. The monoisotopic (exact) mass is 311 g/mol. The normalized spacial score (nSPS) is 24.5. The summed E-state index contributed by atoms with van der Waals surface area (Å²) in [6.07, 6.45) is 2.55. The van der Waals surface area contributed by atoms with Crippen molar-refractivity contribution in [2.45, 2.75) is 25.8 Å². The Morgan fingerprint density at radius 3 is 3.00 bits per heavy atom. The van der Waals surface area contributed by atoms with Gasteiger partial charge in [0, 0.05) is 0 Å². The van der Waals surface area contributed by atoms with Crippen molar-refractivity contribution in [2.75, 3.05) is 29.6 Å². The summed E-state index contributed by atoms with van der Waals surface area (Å²) in [5, 5.41) is 4.13. The van der Waals surface area contributed by atoms with Crippen LogP contribution in [0.3, 0.4) is 0 Å². The summed E-state index contributed by atoms with van der Waals surface area (Å²) in [6.45, 7) is 4.02. The van der Waals surface area contributed by atoms with E-state index in [1.807, 2.05) is 0 Å². The van der Waals surface area contributed by atoms with E-state index in [-0.39, 0.29) is 0 Å². The average molecular weight is 311 g/mol. The third-order valence-electron chi connectivity index (χ3n) is 2.49. The molecule has 1 rings (SSSR count). The van der Waals surface area contributed by atoms with Gasteiger partial charge in [-0.1, -0.05) is 0 Å². The molecule has 1 aliphatic rings. The van der Waals surface area contributed by atoms with Crippen molar-refractivity contribution in [3.63, 3.8) is 0 Å². The van der Waals surface area contributed by atoms with E-state index in [9.17, 15) is 0 Å². The van der Waals surface area contributed by atoms with Crippen molar-refractivity contribution in [1.29, 1.82) is 0 Å². The molecule has 84 valence electrons. The molecule has 0 N–H and O–H groups in total. The van der Waals surface area contributed by atoms with Gasteiger partial charge in [0.15, 0.2) is 0 Å². The zero-order valence-corrected chi connectivity index (χ0v) is 11.5. The molecule has 0 amide bonds. The molecule has 1 aliphatic heterocycles. The second-order valence-electron chi connectivity index (χ2n) is 3.80. The van der Waals surface area contributed by atoms with Crippen LogP contribution in [0.2, 0.25) is 0 Å². The Morgan fingerprint density at radius 1 is 1.64 bits per heavy atom. The minimum absolute atomic E-state index is 0.308. The van der Waals surface area contributed by atoms with Crippen molar-refractivity contribution in [3.05, 3.63) is 0 Å². The molecule has 0 aromatic heterocycles. The van der Waals surface area contributed by atoms with Crippen LogP contribution >= 0.6 is 0 Å². The molecule has 0 unspecified atom stereocenters. The first kappa shape index (κ1) is 12.2. The first-order chi connectivity index (χ1) is 6.74. The van der Waals surface area contributed by atoms with Gasteiger partial charge in [-0.2, -0.15) is 0 Å². The third kappa shape index (κ3) is 4.13. The van der Waals surface area contributed by atoms with Gasteiger partial charge in [0.2, 0.25) is 0 Å². The molecule has 3 nitrogen and oxygen atoms in total. The molecule has 0 aromatic carbocycles. The summed E-state index contributed by atoms with van der Waals surface area (Å²) in [4.78, 5) is 9.99. The second kappa shape index (κ2) is 6.61. The van der Waals surface area contributed by atoms with Crippen LogP contribution in [-0.4, -0.2) is 46.2 Å². The molecule has 1 heterocycles. The van der Waals surface area contributed by atoms with Crippen LogP contribution in [0.1, 0.15) is 19.8 Å². The molecule has 1 saturated heterocycles. The standard InChI is InChI=1S/C10H20IN2O/c1-9(7-11-2)12-14-8-10-5-4-6-13(10)3/h10H,4-8H2,1-3H3/q-1/b12-9+/t10-/m0/s1. The summed E-state index contributed by atoms with van der Waals surface area (Å²) in [5.41, 5.74) is 1.15. The number of likely N-dealkylation sites (N-methyl/N-ethyl adjacent to an activating group) is 1. The Hall–Kier alpha value is 0.160. The van der Waals surface area contributed by atoms with Gasteiger partial charge in [0.1, 0.15) is 0 Å². The number of likely N-dealkylation sites (tertiary alicyclic amines) is 1. The summed E-state index contributed by atoms with van der Waals surface area (Å²) < 4.78 is 1.15. The maximum atomic E-state index is 5.37. The number of hydrogen-bond donors (Lipinski definition) is 0. The van der Waals surface area contributed by atoms with Crippen molar-refractivity contribution in [2.24, 2.45) is 5.16 Å². The van der Waals surface area contributed by atoms with Crippen LogP contribution < -0.4 is 21.2 Å². The van der Waals surface area contributed by atoms with Crippen molar-refractivity contribution >= 4 is 5.71 Å². The topological polar surface area (TPSA) is 24.8 Å². The van der Waals surface area contributed by atoms with E-state index < -0.39 is 0 Å². The van der Waals surface area contributed by atoms with Gasteiger partial charge in [-0.05, 0) is 0 Å². The van der Waals surface area contributed by atoms with E-state index in [1.54, 1.807) is 0 Å². The Labute approximate surface area is 97.1 Å². The van der Waals surface area contributed by atoms with Gasteiger partial charge in [-0.3, -0.25) is 0 Å². The van der Waals surface area contributed by atoms with Gasteiger partial charge < -0.3 is 0 Å². The Balaban J connectivity index is 2.16. The molecule has 1 atom stereocenters. The zero-order chi connectivity index (χ0) is 10.4. The number of hydrogen-bond acceptors (Lipinski definition) is 3. The Kier molecular flexibility index (Phi) is 5.77. The predicted molar refractivity (Wildman–Crippen MR) is 55.5 cm³/mol. The molecule has 0 aliphatic carbocycles. The average Bonchev–Trinajstić information content (AvgIpc) is 2.52. The predicted octanol–water partition coefficient (Wildman–Crippen LogP) is -1.81. The fraction of sp³-hybridized carbons (Fsp3) is 0.900. The first-order valence-corrected chi connectivity index (χ1v) is 8.71. The molecule has 0 radical (unpaired) electrons. The molecule has 14 heavy (non-hydrogen) atoms. The van der Waals surface area contributed by atoms with Crippen molar-refractivity contribution in [3.8, 4) is 0 Å². The van der Waals surface area contributed by atoms with Crippen LogP contribution in [0, 0.1) is 0 Å². The Morgan fingerprint density at radius 2 is 2.43 bits per heavy atom. The fourth-order valence-electron chi connectivity index (χ4n) is 1.64.